The van der Waals surface area contributed by atoms with Gasteiger partial charge in [-0.3, -0.25) is 4.79 Å². The summed E-state index contributed by atoms with van der Waals surface area (Å²) in [5, 5.41) is 9.55. The highest BCUT2D eigenvalue weighted by atomic mass is 32.2. The van der Waals surface area contributed by atoms with E-state index in [-0.39, 0.29) is 28.9 Å². The lowest BCUT2D eigenvalue weighted by atomic mass is 9.83. The van der Waals surface area contributed by atoms with Crippen molar-refractivity contribution in [2.45, 2.75) is 38.6 Å². The quantitative estimate of drug-likeness (QED) is 0.572. The predicted molar refractivity (Wildman–Crippen MR) is 120 cm³/mol. The number of hydrogen-bond donors (Lipinski definition) is 1. The number of ether oxygens (including phenoxy) is 1. The topological polar surface area (TPSA) is 133 Å². The monoisotopic (exact) mass is 481 g/mol. The summed E-state index contributed by atoms with van der Waals surface area (Å²) in [4.78, 5) is 35.4. The summed E-state index contributed by atoms with van der Waals surface area (Å²) >= 11 is 0. The number of likely N-dealkylation sites (tertiary alicyclic amines) is 1. The lowest BCUT2D eigenvalue weighted by Gasteiger charge is -2.41. The first-order valence-corrected chi connectivity index (χ1v) is 13.1. The van der Waals surface area contributed by atoms with Gasteiger partial charge in [-0.1, -0.05) is 6.92 Å². The van der Waals surface area contributed by atoms with Crippen LogP contribution in [0.2, 0.25) is 0 Å². The van der Waals surface area contributed by atoms with Crippen molar-refractivity contribution in [3.05, 3.63) is 11.9 Å². The van der Waals surface area contributed by atoms with Gasteiger partial charge < -0.3 is 19.6 Å². The van der Waals surface area contributed by atoms with Crippen LogP contribution in [0, 0.1) is 11.3 Å². The van der Waals surface area contributed by atoms with Crippen molar-refractivity contribution in [2.24, 2.45) is 11.3 Å². The zero-order chi connectivity index (χ0) is 23.8. The number of piperidine rings is 1. The second kappa shape index (κ2) is 9.05. The van der Waals surface area contributed by atoms with Gasteiger partial charge >= 0.3 is 6.09 Å². The minimum Gasteiger partial charge on any atom is -0.476 e. The van der Waals surface area contributed by atoms with E-state index in [0.717, 1.165) is 25.7 Å². The number of aromatic nitrogens is 2. The first-order chi connectivity index (χ1) is 15.6. The summed E-state index contributed by atoms with van der Waals surface area (Å²) in [6, 6.07) is 0.00180. The summed E-state index contributed by atoms with van der Waals surface area (Å²) < 4.78 is 30.7. The van der Waals surface area contributed by atoms with Crippen molar-refractivity contribution < 1.29 is 27.9 Å². The number of amides is 1. The lowest BCUT2D eigenvalue weighted by Crippen LogP contribution is -2.50. The Bertz CT molecular complexity index is 1010. The number of carboxylic acid groups (broad SMARTS) is 1. The number of anilines is 1. The van der Waals surface area contributed by atoms with Crippen molar-refractivity contribution >= 4 is 28.2 Å². The largest absolute Gasteiger partial charge is 0.476 e. The first-order valence-electron chi connectivity index (χ1n) is 11.3. The highest BCUT2D eigenvalue weighted by molar-refractivity contribution is 7.88. The third-order valence-electron chi connectivity index (χ3n) is 7.14. The van der Waals surface area contributed by atoms with E-state index < -0.39 is 16.1 Å². The van der Waals surface area contributed by atoms with Crippen molar-refractivity contribution in [2.75, 3.05) is 50.5 Å². The summed E-state index contributed by atoms with van der Waals surface area (Å²) in [6.07, 6.45) is 6.00. The van der Waals surface area contributed by atoms with E-state index in [1.165, 1.54) is 16.8 Å². The Morgan fingerprint density at radius 1 is 1.27 bits per heavy atom. The Labute approximate surface area is 193 Å². The van der Waals surface area contributed by atoms with Gasteiger partial charge in [-0.2, -0.15) is 4.31 Å². The normalized spacial score (nSPS) is 25.5. The Hall–Kier alpha value is -2.47. The second-order valence-corrected chi connectivity index (χ2v) is 11.5. The third kappa shape index (κ3) is 5.21. The third-order valence-corrected chi connectivity index (χ3v) is 8.45. The molecule has 2 saturated heterocycles. The molecule has 11 nitrogen and oxygen atoms in total. The number of nitrogens with zero attached hydrogens (tertiary/aromatic N) is 5. The molecule has 1 N–H and O–H groups in total. The standard InChI is InChI=1S/C21H31N5O6S/c1-21(4-5-21)17-11-15(3-6-26(17)20(28)29)14-32-18-12-22-19(16(13-27)23-18)24-7-9-25(10-8-24)33(2,30)31/h12-13,15,17H,3-11,14H2,1-2H3,(H,28,29). The molecule has 3 aliphatic rings. The molecule has 0 radical (unpaired) electrons. The molecule has 0 spiro atoms. The van der Waals surface area contributed by atoms with Gasteiger partial charge in [0.25, 0.3) is 0 Å². The van der Waals surface area contributed by atoms with Gasteiger partial charge in [0, 0.05) is 38.8 Å². The fourth-order valence-corrected chi connectivity index (χ4v) is 5.64. The maximum absolute atomic E-state index is 11.7. The molecule has 2 unspecified atom stereocenters. The maximum atomic E-state index is 11.7. The fraction of sp³-hybridized carbons (Fsp3) is 0.714. The Morgan fingerprint density at radius 2 is 1.97 bits per heavy atom. The van der Waals surface area contributed by atoms with Crippen LogP contribution < -0.4 is 9.64 Å². The van der Waals surface area contributed by atoms with E-state index in [9.17, 15) is 23.1 Å². The molecule has 1 amide bonds. The van der Waals surface area contributed by atoms with Crippen LogP contribution in [0.15, 0.2) is 6.20 Å². The molecular formula is C21H31N5O6S. The number of rotatable bonds is 7. The molecule has 1 saturated carbocycles. The van der Waals surface area contributed by atoms with Crippen LogP contribution in [0.5, 0.6) is 5.88 Å². The first kappa shape index (κ1) is 23.7. The second-order valence-electron chi connectivity index (χ2n) is 9.53. The molecule has 2 aliphatic heterocycles. The van der Waals surface area contributed by atoms with Gasteiger partial charge in [-0.05, 0) is 37.0 Å². The molecule has 4 rings (SSSR count). The fourth-order valence-electron chi connectivity index (χ4n) is 4.82. The van der Waals surface area contributed by atoms with E-state index in [2.05, 4.69) is 16.9 Å². The number of carbonyl (C=O) groups excluding carboxylic acids is 1. The van der Waals surface area contributed by atoms with E-state index in [1.54, 1.807) is 4.90 Å². The van der Waals surface area contributed by atoms with Gasteiger partial charge in [-0.25, -0.2) is 23.2 Å². The summed E-state index contributed by atoms with van der Waals surface area (Å²) in [5.41, 5.74) is 0.217. The molecule has 12 heteroatoms. The van der Waals surface area contributed by atoms with E-state index in [0.29, 0.717) is 51.4 Å². The lowest BCUT2D eigenvalue weighted by molar-refractivity contribution is 0.0483. The van der Waals surface area contributed by atoms with Crippen LogP contribution in [0.4, 0.5) is 10.6 Å². The minimum atomic E-state index is -3.24. The summed E-state index contributed by atoms with van der Waals surface area (Å²) in [7, 11) is -3.24. The highest BCUT2D eigenvalue weighted by Gasteiger charge is 2.50. The van der Waals surface area contributed by atoms with Crippen molar-refractivity contribution in [1.29, 1.82) is 0 Å². The summed E-state index contributed by atoms with van der Waals surface area (Å²) in [5.74, 6) is 0.876. The van der Waals surface area contributed by atoms with Crippen molar-refractivity contribution in [3.63, 3.8) is 0 Å². The van der Waals surface area contributed by atoms with E-state index in [1.807, 2.05) is 4.90 Å². The van der Waals surface area contributed by atoms with E-state index >= 15 is 0 Å². The molecule has 182 valence electrons. The van der Waals surface area contributed by atoms with Gasteiger partial charge in [0.15, 0.2) is 12.1 Å². The van der Waals surface area contributed by atoms with Crippen LogP contribution in [0.3, 0.4) is 0 Å². The molecule has 0 aromatic carbocycles. The molecule has 33 heavy (non-hydrogen) atoms. The number of piperazine rings is 1. The molecular weight excluding hydrogens is 450 g/mol. The Kier molecular flexibility index (Phi) is 6.50. The predicted octanol–water partition coefficient (Wildman–Crippen LogP) is 1.31. The van der Waals surface area contributed by atoms with Crippen LogP contribution >= 0.6 is 0 Å². The highest BCUT2D eigenvalue weighted by Crippen LogP contribution is 2.53. The average molecular weight is 482 g/mol. The molecule has 1 aromatic rings. The molecule has 3 fully saturated rings. The summed E-state index contributed by atoms with van der Waals surface area (Å²) in [6.45, 7) is 4.52. The van der Waals surface area contributed by atoms with Gasteiger partial charge in [0.2, 0.25) is 15.9 Å². The number of hydrogen-bond acceptors (Lipinski definition) is 8. The van der Waals surface area contributed by atoms with Crippen molar-refractivity contribution in [1.82, 2.24) is 19.2 Å². The maximum Gasteiger partial charge on any atom is 0.407 e. The van der Waals surface area contributed by atoms with Gasteiger partial charge in [0.05, 0.1) is 19.1 Å². The molecule has 3 heterocycles. The van der Waals surface area contributed by atoms with Crippen LogP contribution in [0.1, 0.15) is 43.1 Å². The van der Waals surface area contributed by atoms with Crippen LogP contribution in [0.25, 0.3) is 0 Å². The van der Waals surface area contributed by atoms with Crippen LogP contribution in [-0.4, -0.2) is 96.7 Å². The molecule has 0 bridgehead atoms. The van der Waals surface area contributed by atoms with Gasteiger partial charge in [-0.15, -0.1) is 0 Å². The van der Waals surface area contributed by atoms with E-state index in [4.69, 9.17) is 4.74 Å². The molecule has 1 aromatic heterocycles. The number of sulfonamides is 1. The number of carbonyl (C=O) groups is 2. The smallest absolute Gasteiger partial charge is 0.407 e. The zero-order valence-corrected chi connectivity index (χ0v) is 19.8. The van der Waals surface area contributed by atoms with Gasteiger partial charge in [0.1, 0.15) is 5.69 Å². The molecule has 2 atom stereocenters. The van der Waals surface area contributed by atoms with Crippen molar-refractivity contribution in [3.8, 4) is 5.88 Å². The molecule has 1 aliphatic carbocycles. The zero-order valence-electron chi connectivity index (χ0n) is 19.0. The minimum absolute atomic E-state index is 0.00180. The Morgan fingerprint density at radius 3 is 2.55 bits per heavy atom. The van der Waals surface area contributed by atoms with Crippen LogP contribution in [-0.2, 0) is 10.0 Å². The Balaban J connectivity index is 1.37. The SMILES string of the molecule is CC1(C2CC(COc3cnc(N4CCN(S(C)(=O)=O)CC4)c(C=O)n3)CCN2C(=O)O)CC1. The number of aldehydes is 1. The average Bonchev–Trinajstić information content (AvgIpc) is 3.55.